The van der Waals surface area contributed by atoms with E-state index in [4.69, 9.17) is 10.5 Å². The van der Waals surface area contributed by atoms with E-state index in [1.807, 2.05) is 6.92 Å². The molecule has 1 saturated heterocycles. The van der Waals surface area contributed by atoms with E-state index in [1.165, 1.54) is 0 Å². The minimum absolute atomic E-state index is 0.0680. The van der Waals surface area contributed by atoms with Gasteiger partial charge in [0.1, 0.15) is 6.04 Å². The van der Waals surface area contributed by atoms with Gasteiger partial charge in [-0.1, -0.05) is 13.8 Å². The lowest BCUT2D eigenvalue weighted by molar-refractivity contribution is -0.134. The molecule has 0 saturated carbocycles. The van der Waals surface area contributed by atoms with Crippen LogP contribution in [0.4, 0.5) is 0 Å². The van der Waals surface area contributed by atoms with Crippen LogP contribution in [-0.2, 0) is 9.53 Å². The monoisotopic (exact) mass is 243 g/mol. The van der Waals surface area contributed by atoms with Gasteiger partial charge in [0.15, 0.2) is 0 Å². The molecule has 2 unspecified atom stereocenters. The highest BCUT2D eigenvalue weighted by Crippen LogP contribution is 2.13. The Kier molecular flexibility index (Phi) is 6.47. The molecule has 2 atom stereocenters. The first-order chi connectivity index (χ1) is 8.24. The predicted molar refractivity (Wildman–Crippen MR) is 67.7 cm³/mol. The highest BCUT2D eigenvalue weighted by atomic mass is 16.5. The maximum atomic E-state index is 12.0. The molecule has 0 radical (unpaired) electrons. The number of nitrogens with one attached hydrogen (secondary N) is 1. The van der Waals surface area contributed by atoms with Crippen molar-refractivity contribution in [3.63, 3.8) is 0 Å². The molecule has 5 heteroatoms. The molecule has 0 aliphatic carbocycles. The minimum atomic E-state index is -0.177. The van der Waals surface area contributed by atoms with E-state index in [0.29, 0.717) is 19.8 Å². The summed E-state index contributed by atoms with van der Waals surface area (Å²) < 4.78 is 5.41. The van der Waals surface area contributed by atoms with Crippen LogP contribution in [0.2, 0.25) is 0 Å². The van der Waals surface area contributed by atoms with Gasteiger partial charge in [0.2, 0.25) is 5.91 Å². The average Bonchev–Trinajstić information content (AvgIpc) is 2.38. The second kappa shape index (κ2) is 7.63. The van der Waals surface area contributed by atoms with Crippen molar-refractivity contribution in [3.8, 4) is 0 Å². The van der Waals surface area contributed by atoms with Crippen LogP contribution in [0.5, 0.6) is 0 Å². The van der Waals surface area contributed by atoms with Crippen LogP contribution in [0.15, 0.2) is 0 Å². The largest absolute Gasteiger partial charge is 0.378 e. The van der Waals surface area contributed by atoms with Gasteiger partial charge in [0, 0.05) is 25.7 Å². The Morgan fingerprint density at radius 3 is 2.94 bits per heavy atom. The molecule has 0 aromatic heterocycles. The SMILES string of the molecule is CCCNC(=O)C1COCCN1C(CC)CN. The standard InChI is InChI=1S/C12H25N3O2/c1-3-5-14-12(16)11-9-17-7-6-15(11)10(4-2)8-13/h10-11H,3-9,13H2,1-2H3,(H,14,16). The molecule has 1 heterocycles. The van der Waals surface area contributed by atoms with E-state index in [2.05, 4.69) is 17.1 Å². The van der Waals surface area contributed by atoms with Gasteiger partial charge >= 0.3 is 0 Å². The third-order valence-electron chi connectivity index (χ3n) is 3.23. The van der Waals surface area contributed by atoms with Gasteiger partial charge in [-0.25, -0.2) is 0 Å². The molecule has 0 aromatic rings. The van der Waals surface area contributed by atoms with E-state index in [-0.39, 0.29) is 18.0 Å². The number of ether oxygens (including phenoxy) is 1. The molecular weight excluding hydrogens is 218 g/mol. The Morgan fingerprint density at radius 2 is 2.35 bits per heavy atom. The van der Waals surface area contributed by atoms with Crippen molar-refractivity contribution in [3.05, 3.63) is 0 Å². The summed E-state index contributed by atoms with van der Waals surface area (Å²) in [5.74, 6) is 0.0680. The zero-order valence-electron chi connectivity index (χ0n) is 10.9. The van der Waals surface area contributed by atoms with Crippen molar-refractivity contribution < 1.29 is 9.53 Å². The topological polar surface area (TPSA) is 67.6 Å². The van der Waals surface area contributed by atoms with Gasteiger partial charge in [-0.3, -0.25) is 9.69 Å². The van der Waals surface area contributed by atoms with Crippen molar-refractivity contribution in [2.45, 2.75) is 38.8 Å². The molecule has 0 aromatic carbocycles. The van der Waals surface area contributed by atoms with Crippen molar-refractivity contribution in [1.82, 2.24) is 10.2 Å². The maximum absolute atomic E-state index is 12.0. The van der Waals surface area contributed by atoms with E-state index in [9.17, 15) is 4.79 Å². The molecule has 3 N–H and O–H groups in total. The number of carbonyl (C=O) groups is 1. The summed E-state index contributed by atoms with van der Waals surface area (Å²) in [5, 5.41) is 2.93. The van der Waals surface area contributed by atoms with Crippen LogP contribution >= 0.6 is 0 Å². The smallest absolute Gasteiger partial charge is 0.239 e. The van der Waals surface area contributed by atoms with Crippen LogP contribution in [0.1, 0.15) is 26.7 Å². The Bertz CT molecular complexity index is 232. The molecule has 1 aliphatic heterocycles. The quantitative estimate of drug-likeness (QED) is 0.686. The Labute approximate surface area is 104 Å². The summed E-state index contributed by atoms with van der Waals surface area (Å²) in [4.78, 5) is 14.2. The number of amides is 1. The van der Waals surface area contributed by atoms with Crippen LogP contribution in [0.25, 0.3) is 0 Å². The summed E-state index contributed by atoms with van der Waals surface area (Å²) >= 11 is 0. The first-order valence-corrected chi connectivity index (χ1v) is 6.55. The highest BCUT2D eigenvalue weighted by Gasteiger charge is 2.32. The summed E-state index contributed by atoms with van der Waals surface area (Å²) in [5.41, 5.74) is 5.76. The molecule has 1 amide bonds. The zero-order valence-corrected chi connectivity index (χ0v) is 10.9. The first-order valence-electron chi connectivity index (χ1n) is 6.55. The van der Waals surface area contributed by atoms with Gasteiger partial charge in [0.25, 0.3) is 0 Å². The second-order valence-corrected chi connectivity index (χ2v) is 4.42. The Morgan fingerprint density at radius 1 is 1.59 bits per heavy atom. The lowest BCUT2D eigenvalue weighted by atomic mass is 10.1. The predicted octanol–water partition coefficient (Wildman–Crippen LogP) is -0.0493. The number of morpholine rings is 1. The average molecular weight is 243 g/mol. The van der Waals surface area contributed by atoms with E-state index >= 15 is 0 Å². The molecule has 100 valence electrons. The lowest BCUT2D eigenvalue weighted by Crippen LogP contribution is -2.58. The van der Waals surface area contributed by atoms with Gasteiger partial charge in [-0.15, -0.1) is 0 Å². The Hall–Kier alpha value is -0.650. The number of nitrogens with zero attached hydrogens (tertiary/aromatic N) is 1. The second-order valence-electron chi connectivity index (χ2n) is 4.42. The van der Waals surface area contributed by atoms with Gasteiger partial charge in [-0.05, 0) is 12.8 Å². The third-order valence-corrected chi connectivity index (χ3v) is 3.23. The third kappa shape index (κ3) is 3.94. The van der Waals surface area contributed by atoms with Crippen molar-refractivity contribution in [2.24, 2.45) is 5.73 Å². The maximum Gasteiger partial charge on any atom is 0.239 e. The minimum Gasteiger partial charge on any atom is -0.378 e. The first kappa shape index (κ1) is 14.4. The Balaban J connectivity index is 2.61. The molecule has 1 fully saturated rings. The number of nitrogens with two attached hydrogens (primary N) is 1. The van der Waals surface area contributed by atoms with Crippen molar-refractivity contribution in [1.29, 1.82) is 0 Å². The van der Waals surface area contributed by atoms with Gasteiger partial charge in [0.05, 0.1) is 13.2 Å². The van der Waals surface area contributed by atoms with Gasteiger partial charge in [-0.2, -0.15) is 0 Å². The van der Waals surface area contributed by atoms with Crippen molar-refractivity contribution >= 4 is 5.91 Å². The van der Waals surface area contributed by atoms with E-state index in [0.717, 1.165) is 25.9 Å². The van der Waals surface area contributed by atoms with Gasteiger partial charge < -0.3 is 15.8 Å². The fourth-order valence-electron chi connectivity index (χ4n) is 2.18. The fraction of sp³-hybridized carbons (Fsp3) is 0.917. The summed E-state index contributed by atoms with van der Waals surface area (Å²) in [6, 6.07) is 0.0973. The van der Waals surface area contributed by atoms with Crippen LogP contribution < -0.4 is 11.1 Å². The molecule has 0 spiro atoms. The lowest BCUT2D eigenvalue weighted by Gasteiger charge is -2.39. The number of hydrogen-bond donors (Lipinski definition) is 2. The summed E-state index contributed by atoms with van der Waals surface area (Å²) in [6.07, 6.45) is 1.92. The number of hydrogen-bond acceptors (Lipinski definition) is 4. The summed E-state index contributed by atoms with van der Waals surface area (Å²) in [7, 11) is 0. The van der Waals surface area contributed by atoms with Crippen LogP contribution in [0, 0.1) is 0 Å². The zero-order chi connectivity index (χ0) is 12.7. The highest BCUT2D eigenvalue weighted by molar-refractivity contribution is 5.82. The molecule has 1 rings (SSSR count). The van der Waals surface area contributed by atoms with Crippen LogP contribution in [0.3, 0.4) is 0 Å². The van der Waals surface area contributed by atoms with Crippen LogP contribution in [-0.4, -0.2) is 55.7 Å². The molecule has 1 aliphatic rings. The molecule has 17 heavy (non-hydrogen) atoms. The van der Waals surface area contributed by atoms with Crippen molar-refractivity contribution in [2.75, 3.05) is 32.8 Å². The molecular formula is C12H25N3O2. The normalized spacial score (nSPS) is 23.4. The molecule has 0 bridgehead atoms. The van der Waals surface area contributed by atoms with E-state index < -0.39 is 0 Å². The summed E-state index contributed by atoms with van der Waals surface area (Å²) in [6.45, 7) is 7.43. The number of carbonyl (C=O) groups excluding carboxylic acids is 1. The fourth-order valence-corrected chi connectivity index (χ4v) is 2.18. The molecule has 5 nitrogen and oxygen atoms in total. The number of rotatable bonds is 6. The van der Waals surface area contributed by atoms with E-state index in [1.54, 1.807) is 0 Å².